The second kappa shape index (κ2) is 6.13. The lowest BCUT2D eigenvalue weighted by molar-refractivity contribution is 0.0951. The van der Waals surface area contributed by atoms with Crippen molar-refractivity contribution in [3.05, 3.63) is 35.4 Å². The summed E-state index contributed by atoms with van der Waals surface area (Å²) >= 11 is 0. The van der Waals surface area contributed by atoms with Crippen molar-refractivity contribution in [3.63, 3.8) is 0 Å². The van der Waals surface area contributed by atoms with Crippen LogP contribution < -0.4 is 11.3 Å². The van der Waals surface area contributed by atoms with Gasteiger partial charge in [0.1, 0.15) is 0 Å². The van der Waals surface area contributed by atoms with Gasteiger partial charge in [-0.15, -0.1) is 0 Å². The fourth-order valence-electron chi connectivity index (χ4n) is 3.72. The Morgan fingerprint density at radius 2 is 2.05 bits per heavy atom. The number of nitrogens with two attached hydrogens (primary N) is 1. The van der Waals surface area contributed by atoms with Crippen LogP contribution in [0.5, 0.6) is 0 Å². The number of rotatable bonds is 3. The first-order chi connectivity index (χ1) is 10.2. The van der Waals surface area contributed by atoms with Gasteiger partial charge in [-0.2, -0.15) is 0 Å². The van der Waals surface area contributed by atoms with Gasteiger partial charge in [0.15, 0.2) is 0 Å². The number of hydrogen-bond donors (Lipinski definition) is 2. The standard InChI is InChI=1S/C16H24N4O/c1-19-13-6-7-14(19)11-20(9-8-13)10-12-4-2-3-5-15(12)16(21)18-17/h2-5,13-14H,6-11,17H2,1H3,(H,18,21). The average Bonchev–Trinajstić information content (AvgIpc) is 2.75. The number of fused-ring (bicyclic) bond motifs is 2. The molecule has 0 aromatic heterocycles. The third-order valence-electron chi connectivity index (χ3n) is 5.02. The van der Waals surface area contributed by atoms with E-state index in [1.54, 1.807) is 0 Å². The van der Waals surface area contributed by atoms with Gasteiger partial charge in [-0.3, -0.25) is 20.0 Å². The van der Waals surface area contributed by atoms with E-state index in [0.29, 0.717) is 11.6 Å². The molecule has 0 radical (unpaired) electrons. The molecule has 114 valence electrons. The summed E-state index contributed by atoms with van der Waals surface area (Å²) in [6.45, 7) is 3.01. The zero-order chi connectivity index (χ0) is 14.8. The Kier molecular flexibility index (Phi) is 4.24. The van der Waals surface area contributed by atoms with Crippen molar-refractivity contribution in [2.45, 2.75) is 37.9 Å². The number of nitrogens with zero attached hydrogens (tertiary/aromatic N) is 2. The number of amides is 1. The second-order valence-electron chi connectivity index (χ2n) is 6.20. The molecule has 2 aliphatic rings. The number of hydrogen-bond acceptors (Lipinski definition) is 4. The number of nitrogen functional groups attached to an aromatic ring is 1. The summed E-state index contributed by atoms with van der Waals surface area (Å²) in [5.41, 5.74) is 3.98. The van der Waals surface area contributed by atoms with E-state index in [1.807, 2.05) is 24.3 Å². The molecule has 1 amide bonds. The molecule has 2 saturated heterocycles. The molecular formula is C16H24N4O. The SMILES string of the molecule is CN1C2CCC1CN(Cc1ccccc1C(=O)NN)CC2. The van der Waals surface area contributed by atoms with Crippen LogP contribution in [0.25, 0.3) is 0 Å². The zero-order valence-corrected chi connectivity index (χ0v) is 12.6. The molecule has 1 aromatic carbocycles. The lowest BCUT2D eigenvalue weighted by Gasteiger charge is -2.26. The summed E-state index contributed by atoms with van der Waals surface area (Å²) in [7, 11) is 2.25. The van der Waals surface area contributed by atoms with Crippen molar-refractivity contribution >= 4 is 5.91 Å². The van der Waals surface area contributed by atoms with Gasteiger partial charge in [0, 0.05) is 37.3 Å². The van der Waals surface area contributed by atoms with E-state index in [1.165, 1.54) is 19.3 Å². The summed E-state index contributed by atoms with van der Waals surface area (Å²) in [6.07, 6.45) is 3.85. The second-order valence-corrected chi connectivity index (χ2v) is 6.20. The molecule has 3 N–H and O–H groups in total. The van der Waals surface area contributed by atoms with Crippen molar-refractivity contribution in [1.82, 2.24) is 15.2 Å². The average molecular weight is 288 g/mol. The number of likely N-dealkylation sites (N-methyl/N-ethyl adjacent to an activating group) is 1. The third-order valence-corrected chi connectivity index (χ3v) is 5.02. The summed E-state index contributed by atoms with van der Waals surface area (Å²) < 4.78 is 0. The number of hydrazine groups is 1. The number of likely N-dealkylation sites (tertiary alicyclic amines) is 1. The number of benzene rings is 1. The number of carbonyl (C=O) groups excluding carboxylic acids is 1. The van der Waals surface area contributed by atoms with Crippen LogP contribution in [-0.2, 0) is 6.54 Å². The van der Waals surface area contributed by atoms with Gasteiger partial charge in [-0.1, -0.05) is 18.2 Å². The van der Waals surface area contributed by atoms with Crippen molar-refractivity contribution in [2.24, 2.45) is 5.84 Å². The number of carbonyl (C=O) groups is 1. The first kappa shape index (κ1) is 14.5. The minimum atomic E-state index is -0.209. The highest BCUT2D eigenvalue weighted by Gasteiger charge is 2.34. The Bertz CT molecular complexity index is 519. The number of nitrogens with one attached hydrogen (secondary N) is 1. The smallest absolute Gasteiger partial charge is 0.265 e. The molecule has 2 aliphatic heterocycles. The van der Waals surface area contributed by atoms with Crippen LogP contribution >= 0.6 is 0 Å². The lowest BCUT2D eigenvalue weighted by atomic mass is 10.0. The van der Waals surface area contributed by atoms with Crippen molar-refractivity contribution in [2.75, 3.05) is 20.1 Å². The normalized spacial score (nSPS) is 26.6. The first-order valence-corrected chi connectivity index (χ1v) is 7.72. The third kappa shape index (κ3) is 2.95. The fourth-order valence-corrected chi connectivity index (χ4v) is 3.72. The fraction of sp³-hybridized carbons (Fsp3) is 0.562. The molecule has 2 fully saturated rings. The van der Waals surface area contributed by atoms with Gasteiger partial charge >= 0.3 is 0 Å². The minimum Gasteiger partial charge on any atom is -0.299 e. The zero-order valence-electron chi connectivity index (χ0n) is 12.6. The van der Waals surface area contributed by atoms with Gasteiger partial charge in [0.25, 0.3) is 5.91 Å². The lowest BCUT2D eigenvalue weighted by Crippen LogP contribution is -2.37. The molecule has 1 aromatic rings. The molecule has 21 heavy (non-hydrogen) atoms. The van der Waals surface area contributed by atoms with Crippen molar-refractivity contribution in [1.29, 1.82) is 0 Å². The maximum Gasteiger partial charge on any atom is 0.265 e. The van der Waals surface area contributed by atoms with E-state index >= 15 is 0 Å². The predicted molar refractivity (Wildman–Crippen MR) is 82.6 cm³/mol. The van der Waals surface area contributed by atoms with Gasteiger partial charge in [0.05, 0.1) is 0 Å². The van der Waals surface area contributed by atoms with Crippen LogP contribution in [0.4, 0.5) is 0 Å². The molecule has 2 atom stereocenters. The summed E-state index contributed by atoms with van der Waals surface area (Å²) in [5, 5.41) is 0. The minimum absolute atomic E-state index is 0.209. The Labute approximate surface area is 126 Å². The van der Waals surface area contributed by atoms with E-state index in [9.17, 15) is 4.79 Å². The van der Waals surface area contributed by atoms with E-state index in [4.69, 9.17) is 5.84 Å². The Morgan fingerprint density at radius 3 is 2.86 bits per heavy atom. The highest BCUT2D eigenvalue weighted by Crippen LogP contribution is 2.29. The van der Waals surface area contributed by atoms with Crippen molar-refractivity contribution in [3.8, 4) is 0 Å². The van der Waals surface area contributed by atoms with Crippen LogP contribution in [0.3, 0.4) is 0 Å². The van der Waals surface area contributed by atoms with Crippen molar-refractivity contribution < 1.29 is 4.79 Å². The maximum absolute atomic E-state index is 11.9. The molecule has 0 spiro atoms. The Morgan fingerprint density at radius 1 is 1.29 bits per heavy atom. The molecule has 5 nitrogen and oxygen atoms in total. The first-order valence-electron chi connectivity index (χ1n) is 7.72. The van der Waals surface area contributed by atoms with E-state index in [-0.39, 0.29) is 5.91 Å². The molecule has 3 rings (SSSR count). The van der Waals surface area contributed by atoms with Gasteiger partial charge in [-0.05, 0) is 37.9 Å². The van der Waals surface area contributed by atoms with E-state index < -0.39 is 0 Å². The summed E-state index contributed by atoms with van der Waals surface area (Å²) in [5.74, 6) is 5.07. The van der Waals surface area contributed by atoms with Crippen LogP contribution in [0.1, 0.15) is 35.2 Å². The van der Waals surface area contributed by atoms with E-state index in [2.05, 4.69) is 22.3 Å². The molecule has 5 heteroatoms. The van der Waals surface area contributed by atoms with Crippen LogP contribution in [0.15, 0.2) is 24.3 Å². The van der Waals surface area contributed by atoms with Crippen LogP contribution in [0.2, 0.25) is 0 Å². The molecule has 2 heterocycles. The predicted octanol–water partition coefficient (Wildman–Crippen LogP) is 0.959. The van der Waals surface area contributed by atoms with Crippen LogP contribution in [0, 0.1) is 0 Å². The molecule has 0 aliphatic carbocycles. The van der Waals surface area contributed by atoms with Crippen LogP contribution in [-0.4, -0.2) is 47.9 Å². The highest BCUT2D eigenvalue weighted by atomic mass is 16.2. The molecule has 2 bridgehead atoms. The summed E-state index contributed by atoms with van der Waals surface area (Å²) in [6, 6.07) is 9.13. The van der Waals surface area contributed by atoms with E-state index in [0.717, 1.165) is 31.2 Å². The highest BCUT2D eigenvalue weighted by molar-refractivity contribution is 5.95. The Balaban J connectivity index is 1.74. The monoisotopic (exact) mass is 288 g/mol. The molecular weight excluding hydrogens is 264 g/mol. The molecule has 0 saturated carbocycles. The Hall–Kier alpha value is -1.43. The quantitative estimate of drug-likeness (QED) is 0.494. The summed E-state index contributed by atoms with van der Waals surface area (Å²) in [4.78, 5) is 16.9. The van der Waals surface area contributed by atoms with Gasteiger partial charge in [0.2, 0.25) is 0 Å². The topological polar surface area (TPSA) is 61.6 Å². The van der Waals surface area contributed by atoms with Gasteiger partial charge < -0.3 is 0 Å². The largest absolute Gasteiger partial charge is 0.299 e. The maximum atomic E-state index is 11.9. The molecule has 2 unspecified atom stereocenters. The van der Waals surface area contributed by atoms with Gasteiger partial charge in [-0.25, -0.2) is 5.84 Å².